The van der Waals surface area contributed by atoms with E-state index in [0.717, 1.165) is 41.0 Å². The number of thiazole rings is 1. The molecular formula is C23H25NO3S. The van der Waals surface area contributed by atoms with Crippen molar-refractivity contribution in [3.8, 4) is 0 Å². The molecule has 0 saturated heterocycles. The zero-order valence-corrected chi connectivity index (χ0v) is 17.6. The Morgan fingerprint density at radius 3 is 2.79 bits per heavy atom. The summed E-state index contributed by atoms with van der Waals surface area (Å²) < 4.78 is 4.93. The molecule has 1 aromatic heterocycles. The van der Waals surface area contributed by atoms with Gasteiger partial charge in [-0.2, -0.15) is 0 Å². The number of ether oxygens (including phenoxy) is 1. The lowest BCUT2D eigenvalue weighted by Gasteiger charge is -2.44. The van der Waals surface area contributed by atoms with Crippen molar-refractivity contribution < 1.29 is 14.3 Å². The van der Waals surface area contributed by atoms with Gasteiger partial charge in [0.25, 0.3) is 0 Å². The van der Waals surface area contributed by atoms with Gasteiger partial charge in [-0.3, -0.25) is 4.79 Å². The Kier molecular flexibility index (Phi) is 4.53. The number of carbonyl (C=O) groups is 2. The first-order valence-electron chi connectivity index (χ1n) is 9.70. The van der Waals surface area contributed by atoms with E-state index >= 15 is 0 Å². The van der Waals surface area contributed by atoms with Crippen LogP contribution in [0.25, 0.3) is 0 Å². The third-order valence-corrected chi connectivity index (χ3v) is 7.14. The molecule has 5 heteroatoms. The molecule has 0 bridgehead atoms. The standard InChI is InChI=1S/C23H25NO3S/c1-5-23(16-8-6-7-14(9-16)21(26)27-4)19-15(10-17-20(23)28-13-24-17)11-22(2,3)12-18(19)25/h6-9,13H,5,10-12H2,1-4H3. The SMILES string of the molecule is CCC1(c2cccc(C(=O)OC)c2)C2=C(Cc3ncsc31)CC(C)(C)CC2=O. The van der Waals surface area contributed by atoms with Gasteiger partial charge in [0.2, 0.25) is 0 Å². The Morgan fingerprint density at radius 1 is 1.29 bits per heavy atom. The summed E-state index contributed by atoms with van der Waals surface area (Å²) in [6, 6.07) is 7.56. The maximum atomic E-state index is 13.4. The van der Waals surface area contributed by atoms with Gasteiger partial charge in [0, 0.05) is 23.3 Å². The van der Waals surface area contributed by atoms with E-state index in [9.17, 15) is 9.59 Å². The quantitative estimate of drug-likeness (QED) is 0.696. The summed E-state index contributed by atoms with van der Waals surface area (Å²) in [7, 11) is 1.39. The minimum absolute atomic E-state index is 0.0310. The minimum atomic E-state index is -0.540. The molecular weight excluding hydrogens is 370 g/mol. The molecule has 28 heavy (non-hydrogen) atoms. The molecule has 0 saturated carbocycles. The van der Waals surface area contributed by atoms with E-state index in [4.69, 9.17) is 4.74 Å². The predicted molar refractivity (Wildman–Crippen MR) is 110 cm³/mol. The molecule has 4 nitrogen and oxygen atoms in total. The van der Waals surface area contributed by atoms with Crippen LogP contribution in [0.15, 0.2) is 40.9 Å². The second kappa shape index (κ2) is 6.66. The van der Waals surface area contributed by atoms with E-state index in [0.29, 0.717) is 12.0 Å². The summed E-state index contributed by atoms with van der Waals surface area (Å²) in [6.07, 6.45) is 2.96. The van der Waals surface area contributed by atoms with Crippen molar-refractivity contribution in [2.24, 2.45) is 5.41 Å². The summed E-state index contributed by atoms with van der Waals surface area (Å²) in [4.78, 5) is 31.4. The van der Waals surface area contributed by atoms with Gasteiger partial charge >= 0.3 is 5.97 Å². The van der Waals surface area contributed by atoms with Crippen LogP contribution in [0.2, 0.25) is 0 Å². The topological polar surface area (TPSA) is 56.3 Å². The van der Waals surface area contributed by atoms with Crippen LogP contribution in [0.1, 0.15) is 66.5 Å². The van der Waals surface area contributed by atoms with Crippen LogP contribution in [0.4, 0.5) is 0 Å². The number of rotatable bonds is 3. The van der Waals surface area contributed by atoms with Crippen molar-refractivity contribution in [3.63, 3.8) is 0 Å². The van der Waals surface area contributed by atoms with Crippen LogP contribution in [0.5, 0.6) is 0 Å². The Bertz CT molecular complexity index is 1000. The Labute approximate surface area is 169 Å². The average Bonchev–Trinajstić information content (AvgIpc) is 3.13. The van der Waals surface area contributed by atoms with Crippen molar-refractivity contribution in [1.82, 2.24) is 4.98 Å². The Balaban J connectivity index is 2.00. The molecule has 0 spiro atoms. The molecule has 0 radical (unpaired) electrons. The number of nitrogens with zero attached hydrogens (tertiary/aromatic N) is 1. The fraction of sp³-hybridized carbons (Fsp3) is 0.435. The van der Waals surface area contributed by atoms with Gasteiger partial charge < -0.3 is 4.74 Å². The first-order chi connectivity index (χ1) is 13.3. The summed E-state index contributed by atoms with van der Waals surface area (Å²) >= 11 is 1.62. The number of allylic oxidation sites excluding steroid dienone is 2. The molecule has 1 unspecified atom stereocenters. The largest absolute Gasteiger partial charge is 0.465 e. The van der Waals surface area contributed by atoms with E-state index in [1.807, 2.05) is 23.7 Å². The molecule has 4 rings (SSSR count). The fourth-order valence-electron chi connectivity index (χ4n) is 5.04. The van der Waals surface area contributed by atoms with Gasteiger partial charge in [-0.25, -0.2) is 9.78 Å². The second-order valence-corrected chi connectivity index (χ2v) is 9.41. The predicted octanol–water partition coefficient (Wildman–Crippen LogP) is 4.87. The smallest absolute Gasteiger partial charge is 0.337 e. The maximum Gasteiger partial charge on any atom is 0.337 e. The molecule has 0 amide bonds. The molecule has 2 aromatic rings. The zero-order chi connectivity index (χ0) is 20.1. The molecule has 1 aromatic carbocycles. The second-order valence-electron chi connectivity index (χ2n) is 8.56. The number of methoxy groups -OCH3 is 1. The third kappa shape index (κ3) is 2.75. The highest BCUT2D eigenvalue weighted by Gasteiger charge is 2.50. The van der Waals surface area contributed by atoms with Crippen LogP contribution in [-0.4, -0.2) is 23.8 Å². The molecule has 1 heterocycles. The lowest BCUT2D eigenvalue weighted by Crippen LogP contribution is -2.42. The number of hydrogen-bond donors (Lipinski definition) is 0. The van der Waals surface area contributed by atoms with Gasteiger partial charge in [0.15, 0.2) is 5.78 Å². The molecule has 2 aliphatic rings. The van der Waals surface area contributed by atoms with Crippen LogP contribution < -0.4 is 0 Å². The third-order valence-electron chi connectivity index (χ3n) is 6.11. The van der Waals surface area contributed by atoms with Crippen molar-refractivity contribution in [2.45, 2.75) is 51.9 Å². The van der Waals surface area contributed by atoms with E-state index in [2.05, 4.69) is 25.8 Å². The van der Waals surface area contributed by atoms with E-state index in [1.165, 1.54) is 12.7 Å². The molecule has 0 fully saturated rings. The van der Waals surface area contributed by atoms with E-state index < -0.39 is 5.41 Å². The zero-order valence-electron chi connectivity index (χ0n) is 16.8. The van der Waals surface area contributed by atoms with Gasteiger partial charge in [0.1, 0.15) is 0 Å². The number of fused-ring (bicyclic) bond motifs is 1. The van der Waals surface area contributed by atoms with Gasteiger partial charge in [-0.15, -0.1) is 11.3 Å². The van der Waals surface area contributed by atoms with Crippen molar-refractivity contribution in [1.29, 1.82) is 0 Å². The number of ketones is 1. The van der Waals surface area contributed by atoms with E-state index in [1.54, 1.807) is 17.4 Å². The van der Waals surface area contributed by atoms with Gasteiger partial charge in [-0.05, 0) is 36.0 Å². The van der Waals surface area contributed by atoms with Crippen LogP contribution in [-0.2, 0) is 21.4 Å². The number of aromatic nitrogens is 1. The molecule has 1 atom stereocenters. The van der Waals surface area contributed by atoms with Crippen LogP contribution in [0, 0.1) is 5.41 Å². The Hall–Kier alpha value is -2.27. The maximum absolute atomic E-state index is 13.4. The van der Waals surface area contributed by atoms with Crippen LogP contribution in [0.3, 0.4) is 0 Å². The summed E-state index contributed by atoms with van der Waals surface area (Å²) in [5.41, 5.74) is 6.02. The average molecular weight is 396 g/mol. The van der Waals surface area contributed by atoms with E-state index in [-0.39, 0.29) is 17.2 Å². The number of Topliss-reactive ketones (excluding diaryl/α,β-unsaturated/α-hetero) is 1. The van der Waals surface area contributed by atoms with Crippen molar-refractivity contribution in [3.05, 3.63) is 62.6 Å². The van der Waals surface area contributed by atoms with Gasteiger partial charge in [0.05, 0.1) is 29.3 Å². The van der Waals surface area contributed by atoms with Crippen molar-refractivity contribution >= 4 is 23.1 Å². The fourth-order valence-corrected chi connectivity index (χ4v) is 6.16. The first-order valence-corrected chi connectivity index (χ1v) is 10.6. The molecule has 0 N–H and O–H groups in total. The number of carbonyl (C=O) groups excluding carboxylic acids is 2. The van der Waals surface area contributed by atoms with Crippen molar-refractivity contribution in [2.75, 3.05) is 7.11 Å². The number of benzene rings is 1. The number of esters is 1. The summed E-state index contributed by atoms with van der Waals surface area (Å²) in [6.45, 7) is 6.45. The monoisotopic (exact) mass is 395 g/mol. The van der Waals surface area contributed by atoms with Gasteiger partial charge in [-0.1, -0.05) is 38.5 Å². The molecule has 146 valence electrons. The highest BCUT2D eigenvalue weighted by atomic mass is 32.1. The lowest BCUT2D eigenvalue weighted by atomic mass is 9.59. The molecule has 2 aliphatic carbocycles. The lowest BCUT2D eigenvalue weighted by molar-refractivity contribution is -0.118. The van der Waals surface area contributed by atoms with Crippen LogP contribution >= 0.6 is 11.3 Å². The normalized spacial score (nSPS) is 23.2. The number of hydrogen-bond acceptors (Lipinski definition) is 5. The Morgan fingerprint density at radius 2 is 2.07 bits per heavy atom. The molecule has 0 aliphatic heterocycles. The summed E-state index contributed by atoms with van der Waals surface area (Å²) in [5, 5.41) is 0. The highest BCUT2D eigenvalue weighted by Crippen LogP contribution is 2.54. The minimum Gasteiger partial charge on any atom is -0.465 e. The first kappa shape index (κ1) is 19.1. The highest BCUT2D eigenvalue weighted by molar-refractivity contribution is 7.10. The summed E-state index contributed by atoms with van der Waals surface area (Å²) in [5.74, 6) is -0.130.